The van der Waals surface area contributed by atoms with Crippen LogP contribution in [0.5, 0.6) is 5.75 Å². The maximum atomic E-state index is 13.8. The van der Waals surface area contributed by atoms with Gasteiger partial charge in [-0.1, -0.05) is 65.6 Å². The third kappa shape index (κ3) is 5.00. The van der Waals surface area contributed by atoms with Gasteiger partial charge in [0, 0.05) is 16.5 Å². The number of amides is 3. The lowest BCUT2D eigenvalue weighted by Crippen LogP contribution is -2.32. The average Bonchev–Trinajstić information content (AvgIpc) is 3.50. The number of rotatable bonds is 6. The molecule has 214 valence electrons. The molecular weight excluding hydrogens is 590 g/mol. The van der Waals surface area contributed by atoms with Gasteiger partial charge in [-0.25, -0.2) is 9.29 Å². The molecule has 8 nitrogen and oxygen atoms in total. The highest BCUT2D eigenvalue weighted by atomic mass is 32.2. The Labute approximate surface area is 252 Å². The lowest BCUT2D eigenvalue weighted by molar-refractivity contribution is -0.122. The zero-order valence-electron chi connectivity index (χ0n) is 22.3. The van der Waals surface area contributed by atoms with E-state index in [0.29, 0.717) is 26.9 Å². The summed E-state index contributed by atoms with van der Waals surface area (Å²) in [6, 6.07) is 25.7. The fourth-order valence-electron chi connectivity index (χ4n) is 5.63. The topological polar surface area (TPSA) is 109 Å². The fourth-order valence-corrected chi connectivity index (χ4v) is 8.15. The van der Waals surface area contributed by atoms with Gasteiger partial charge in [-0.3, -0.25) is 19.2 Å². The molecule has 3 amide bonds. The first kappa shape index (κ1) is 27.1. The summed E-state index contributed by atoms with van der Waals surface area (Å²) >= 11 is 2.17. The highest BCUT2D eigenvalue weighted by Gasteiger charge is 2.56. The Morgan fingerprint density at radius 3 is 2.51 bits per heavy atom. The molecule has 3 atom stereocenters. The Bertz CT molecular complexity index is 1970. The molecule has 5 aromatic rings. The number of benzene rings is 4. The van der Waals surface area contributed by atoms with Crippen LogP contribution in [-0.2, 0) is 14.4 Å². The van der Waals surface area contributed by atoms with Gasteiger partial charge < -0.3 is 15.0 Å². The molecule has 7 rings (SSSR count). The van der Waals surface area contributed by atoms with Crippen molar-refractivity contribution < 1.29 is 23.5 Å². The van der Waals surface area contributed by atoms with Crippen molar-refractivity contribution in [2.75, 3.05) is 16.8 Å². The molecule has 0 saturated carbocycles. The predicted molar refractivity (Wildman–Crippen MR) is 163 cm³/mol. The van der Waals surface area contributed by atoms with Crippen LogP contribution in [0.4, 0.5) is 15.8 Å². The van der Waals surface area contributed by atoms with Gasteiger partial charge in [-0.2, -0.15) is 0 Å². The summed E-state index contributed by atoms with van der Waals surface area (Å²) in [4.78, 5) is 56.7. The predicted octanol–water partition coefficient (Wildman–Crippen LogP) is 5.54. The SMILES string of the molecule is O=C(COc1cccc(C2c3sc(=O)[nH]c3SC3C(=O)N(c4ccc(F)cc4)C(=O)C32)c1)Nc1ccc2ccccc2c1. The monoisotopic (exact) mass is 611 g/mol. The van der Waals surface area contributed by atoms with Gasteiger partial charge in [0.25, 0.3) is 5.91 Å². The number of halogens is 1. The number of hydrogen-bond acceptors (Lipinski definition) is 7. The highest BCUT2D eigenvalue weighted by Crippen LogP contribution is 2.53. The third-order valence-electron chi connectivity index (χ3n) is 7.53. The molecule has 1 saturated heterocycles. The second kappa shape index (κ2) is 10.8. The highest BCUT2D eigenvalue weighted by molar-refractivity contribution is 8.00. The number of imide groups is 1. The van der Waals surface area contributed by atoms with Crippen molar-refractivity contribution in [1.29, 1.82) is 0 Å². The van der Waals surface area contributed by atoms with Crippen molar-refractivity contribution >= 4 is 63.0 Å². The van der Waals surface area contributed by atoms with Crippen LogP contribution >= 0.6 is 23.1 Å². The number of carbonyl (C=O) groups is 3. The minimum Gasteiger partial charge on any atom is -0.484 e. The van der Waals surface area contributed by atoms with E-state index in [-0.39, 0.29) is 23.1 Å². The summed E-state index contributed by atoms with van der Waals surface area (Å²) in [7, 11) is 0. The minimum atomic E-state index is -0.798. The molecule has 3 unspecified atom stereocenters. The number of H-pyrrole nitrogens is 1. The summed E-state index contributed by atoms with van der Waals surface area (Å²) in [5, 5.41) is 4.68. The van der Waals surface area contributed by atoms with Crippen LogP contribution in [0.3, 0.4) is 0 Å². The summed E-state index contributed by atoms with van der Waals surface area (Å²) in [6.07, 6.45) is 0. The number of carbonyl (C=O) groups excluding carboxylic acids is 3. The Hall–Kier alpha value is -4.74. The summed E-state index contributed by atoms with van der Waals surface area (Å²) < 4.78 is 19.4. The molecule has 3 heterocycles. The second-order valence-electron chi connectivity index (χ2n) is 10.2. The van der Waals surface area contributed by atoms with Crippen molar-refractivity contribution in [3.8, 4) is 5.75 Å². The molecule has 1 fully saturated rings. The van der Waals surface area contributed by atoms with Crippen LogP contribution in [-0.4, -0.2) is 34.6 Å². The number of fused-ring (bicyclic) bond motifs is 3. The van der Waals surface area contributed by atoms with Gasteiger partial charge in [0.15, 0.2) is 6.61 Å². The Morgan fingerprint density at radius 1 is 0.907 bits per heavy atom. The molecule has 0 spiro atoms. The van der Waals surface area contributed by atoms with E-state index in [1.807, 2.05) is 48.5 Å². The van der Waals surface area contributed by atoms with Crippen molar-refractivity contribution in [2.45, 2.75) is 16.2 Å². The molecule has 4 aromatic carbocycles. The molecule has 11 heteroatoms. The second-order valence-corrected chi connectivity index (χ2v) is 12.4. The van der Waals surface area contributed by atoms with Crippen molar-refractivity contribution in [3.63, 3.8) is 0 Å². The minimum absolute atomic E-state index is 0.249. The molecule has 43 heavy (non-hydrogen) atoms. The maximum Gasteiger partial charge on any atom is 0.305 e. The quantitative estimate of drug-likeness (QED) is 0.244. The van der Waals surface area contributed by atoms with Gasteiger partial charge in [0.2, 0.25) is 11.8 Å². The van der Waals surface area contributed by atoms with Crippen LogP contribution in [0.15, 0.2) is 101 Å². The summed E-state index contributed by atoms with van der Waals surface area (Å²) in [6.45, 7) is -0.249. The van der Waals surface area contributed by atoms with E-state index >= 15 is 0 Å². The molecule has 0 radical (unpaired) electrons. The Kier molecular flexibility index (Phi) is 6.83. The zero-order valence-corrected chi connectivity index (χ0v) is 23.9. The number of aromatic amines is 1. The Morgan fingerprint density at radius 2 is 1.70 bits per heavy atom. The summed E-state index contributed by atoms with van der Waals surface area (Å²) in [5.74, 6) is -2.67. The van der Waals surface area contributed by atoms with Gasteiger partial charge in [0.05, 0.1) is 16.6 Å². The van der Waals surface area contributed by atoms with Gasteiger partial charge in [-0.05, 0) is 64.9 Å². The van der Waals surface area contributed by atoms with E-state index in [1.54, 1.807) is 18.2 Å². The first-order valence-electron chi connectivity index (χ1n) is 13.4. The number of nitrogens with zero attached hydrogens (tertiary/aromatic N) is 1. The first-order valence-corrected chi connectivity index (χ1v) is 15.1. The molecule has 2 aliphatic rings. The van der Waals surface area contributed by atoms with E-state index in [4.69, 9.17) is 4.74 Å². The molecule has 2 N–H and O–H groups in total. The number of anilines is 2. The molecule has 0 aliphatic carbocycles. The van der Waals surface area contributed by atoms with Gasteiger partial charge >= 0.3 is 4.87 Å². The zero-order chi connectivity index (χ0) is 29.7. The maximum absolute atomic E-state index is 13.8. The van der Waals surface area contributed by atoms with Crippen molar-refractivity contribution in [3.05, 3.63) is 117 Å². The summed E-state index contributed by atoms with van der Waals surface area (Å²) in [5.41, 5.74) is 1.61. The van der Waals surface area contributed by atoms with E-state index < -0.39 is 34.7 Å². The number of thiazole rings is 1. The molecule has 2 aliphatic heterocycles. The average molecular weight is 612 g/mol. The van der Waals surface area contributed by atoms with E-state index in [0.717, 1.165) is 38.8 Å². The van der Waals surface area contributed by atoms with Crippen molar-refractivity contribution in [2.24, 2.45) is 5.92 Å². The fraction of sp³-hybridized carbons (Fsp3) is 0.125. The molecular formula is C32H22FN3O5S2. The van der Waals surface area contributed by atoms with Crippen molar-refractivity contribution in [1.82, 2.24) is 4.98 Å². The standard InChI is InChI=1S/C32H22FN3O5S2/c33-20-9-12-22(13-10-20)36-30(38)26-25(27-29(35-32(40)43-27)42-28(26)31(36)39)19-6-3-7-23(15-19)41-16-24(37)34-21-11-8-17-4-1-2-5-18(17)14-21/h1-15,25-26,28H,16H2,(H,34,37)(H,35,40). The number of hydrogen-bond donors (Lipinski definition) is 2. The van der Waals surface area contributed by atoms with Crippen LogP contribution in [0, 0.1) is 11.7 Å². The van der Waals surface area contributed by atoms with E-state index in [9.17, 15) is 23.6 Å². The van der Waals surface area contributed by atoms with Crippen LogP contribution < -0.4 is 19.8 Å². The number of thioether (sulfide) groups is 1. The first-order chi connectivity index (χ1) is 20.9. The van der Waals surface area contributed by atoms with Crippen LogP contribution in [0.25, 0.3) is 10.8 Å². The Balaban J connectivity index is 1.14. The van der Waals surface area contributed by atoms with E-state index in [2.05, 4.69) is 10.3 Å². The normalized spacial score (nSPS) is 19.3. The number of ether oxygens (including phenoxy) is 1. The van der Waals surface area contributed by atoms with Gasteiger partial charge in [-0.15, -0.1) is 0 Å². The number of nitrogens with one attached hydrogen (secondary N) is 2. The third-order valence-corrected chi connectivity index (χ3v) is 9.93. The number of aromatic nitrogens is 1. The smallest absolute Gasteiger partial charge is 0.305 e. The largest absolute Gasteiger partial charge is 0.484 e. The van der Waals surface area contributed by atoms with Crippen LogP contribution in [0.1, 0.15) is 16.4 Å². The molecule has 0 bridgehead atoms. The lowest BCUT2D eigenvalue weighted by atomic mass is 9.83. The van der Waals surface area contributed by atoms with Crippen LogP contribution in [0.2, 0.25) is 0 Å². The lowest BCUT2D eigenvalue weighted by Gasteiger charge is -2.30. The molecule has 1 aromatic heterocycles. The van der Waals surface area contributed by atoms with E-state index in [1.165, 1.54) is 24.3 Å². The van der Waals surface area contributed by atoms with Gasteiger partial charge in [0.1, 0.15) is 16.8 Å².